The van der Waals surface area contributed by atoms with Crippen molar-refractivity contribution in [3.05, 3.63) is 59.4 Å². The van der Waals surface area contributed by atoms with E-state index in [1.807, 2.05) is 0 Å². The fourth-order valence-electron chi connectivity index (χ4n) is 2.57. The summed E-state index contributed by atoms with van der Waals surface area (Å²) in [6.45, 7) is 1.73. The van der Waals surface area contributed by atoms with Crippen LogP contribution in [0.5, 0.6) is 0 Å². The monoisotopic (exact) mass is 457 g/mol. The van der Waals surface area contributed by atoms with Crippen LogP contribution in [0.4, 0.5) is 4.39 Å². The Labute approximate surface area is 173 Å². The molecule has 0 spiro atoms. The van der Waals surface area contributed by atoms with Gasteiger partial charge in [0.15, 0.2) is 19.1 Å². The number of nitrogens with zero attached hydrogens (tertiary/aromatic N) is 1. The third-order valence-corrected chi connectivity index (χ3v) is 10.00. The van der Waals surface area contributed by atoms with Gasteiger partial charge in [0.2, 0.25) is 0 Å². The molecule has 28 heavy (non-hydrogen) atoms. The molecule has 0 saturated carbocycles. The normalized spacial score (nSPS) is 14.0. The van der Waals surface area contributed by atoms with E-state index >= 15 is 0 Å². The summed E-state index contributed by atoms with van der Waals surface area (Å²) in [5.41, 5.74) is 0.151. The molecule has 0 fully saturated rings. The first-order chi connectivity index (χ1) is 13.2. The SMILES string of the molecule is C=S(=O)(c1ccc(Cl)cc1)c1nc(-c2ccccc2F)sc1S(=O)(=O)CCC. The van der Waals surface area contributed by atoms with Crippen molar-refractivity contribution in [3.63, 3.8) is 0 Å². The lowest BCUT2D eigenvalue weighted by molar-refractivity contribution is 0.593. The maximum atomic E-state index is 14.2. The Morgan fingerprint density at radius 1 is 1.11 bits per heavy atom. The lowest BCUT2D eigenvalue weighted by Gasteiger charge is -2.09. The molecular weight excluding hydrogens is 441 g/mol. The van der Waals surface area contributed by atoms with Crippen LogP contribution in [0, 0.1) is 5.82 Å². The first-order valence-electron chi connectivity index (χ1n) is 8.28. The number of rotatable bonds is 6. The fourth-order valence-corrected chi connectivity index (χ4v) is 8.13. The van der Waals surface area contributed by atoms with Crippen molar-refractivity contribution in [1.29, 1.82) is 0 Å². The molecule has 0 aliphatic carbocycles. The highest BCUT2D eigenvalue weighted by molar-refractivity contribution is 8.01. The minimum Gasteiger partial charge on any atom is -0.257 e. The predicted octanol–water partition coefficient (Wildman–Crippen LogP) is 4.92. The summed E-state index contributed by atoms with van der Waals surface area (Å²) in [6.07, 6.45) is 0.383. The van der Waals surface area contributed by atoms with Crippen LogP contribution in [0.1, 0.15) is 13.3 Å². The van der Waals surface area contributed by atoms with Crippen LogP contribution in [-0.4, -0.2) is 29.2 Å². The van der Waals surface area contributed by atoms with Crippen molar-refractivity contribution in [2.24, 2.45) is 0 Å². The van der Waals surface area contributed by atoms with Gasteiger partial charge < -0.3 is 0 Å². The number of hydrogen-bond donors (Lipinski definition) is 0. The number of benzene rings is 2. The minimum atomic E-state index is -3.75. The molecule has 4 nitrogen and oxygen atoms in total. The van der Waals surface area contributed by atoms with Gasteiger partial charge in [0, 0.05) is 25.0 Å². The second kappa shape index (κ2) is 7.94. The highest BCUT2D eigenvalue weighted by Crippen LogP contribution is 2.38. The molecule has 2 aromatic carbocycles. The van der Waals surface area contributed by atoms with Gasteiger partial charge in [-0.2, -0.15) is 0 Å². The number of halogens is 2. The smallest absolute Gasteiger partial charge is 0.190 e. The topological polar surface area (TPSA) is 64.1 Å². The zero-order chi connectivity index (χ0) is 20.5. The van der Waals surface area contributed by atoms with Gasteiger partial charge in [-0.25, -0.2) is 17.8 Å². The van der Waals surface area contributed by atoms with Crippen molar-refractivity contribution in [2.45, 2.75) is 27.5 Å². The third kappa shape index (κ3) is 4.00. The molecule has 0 aliphatic rings. The first kappa shape index (κ1) is 21.0. The van der Waals surface area contributed by atoms with E-state index in [9.17, 15) is 17.0 Å². The van der Waals surface area contributed by atoms with Crippen LogP contribution >= 0.6 is 22.9 Å². The average molecular weight is 458 g/mol. The largest absolute Gasteiger partial charge is 0.257 e. The van der Waals surface area contributed by atoms with Crippen LogP contribution in [-0.2, 0) is 19.4 Å². The Morgan fingerprint density at radius 3 is 2.36 bits per heavy atom. The molecule has 9 heteroatoms. The van der Waals surface area contributed by atoms with Crippen molar-refractivity contribution in [3.8, 4) is 10.6 Å². The van der Waals surface area contributed by atoms with E-state index in [1.54, 1.807) is 25.1 Å². The molecule has 0 bridgehead atoms. The molecule has 0 amide bonds. The summed E-state index contributed by atoms with van der Waals surface area (Å²) >= 11 is 6.70. The van der Waals surface area contributed by atoms with Gasteiger partial charge in [0.05, 0.1) is 5.75 Å². The van der Waals surface area contributed by atoms with E-state index in [1.165, 1.54) is 30.3 Å². The maximum Gasteiger partial charge on any atom is 0.190 e. The Hall–Kier alpha value is -1.74. The fraction of sp³-hybridized carbons (Fsp3) is 0.158. The van der Waals surface area contributed by atoms with E-state index in [4.69, 9.17) is 11.6 Å². The zero-order valence-electron chi connectivity index (χ0n) is 14.9. The highest BCUT2D eigenvalue weighted by Gasteiger charge is 2.30. The summed E-state index contributed by atoms with van der Waals surface area (Å²) in [5.74, 6) is 3.11. The molecular formula is C19H17ClFNO3S3. The lowest BCUT2D eigenvalue weighted by atomic mass is 10.2. The van der Waals surface area contributed by atoms with Crippen LogP contribution in [0.15, 0.2) is 62.7 Å². The van der Waals surface area contributed by atoms with Crippen molar-refractivity contribution in [1.82, 2.24) is 4.98 Å². The van der Waals surface area contributed by atoms with Crippen LogP contribution in [0.2, 0.25) is 5.02 Å². The quantitative estimate of drug-likeness (QED) is 0.493. The van der Waals surface area contributed by atoms with Crippen molar-refractivity contribution < 1.29 is 17.0 Å². The summed E-state index contributed by atoms with van der Waals surface area (Å²) in [4.78, 5) is 4.59. The molecule has 0 saturated heterocycles. The second-order valence-corrected chi connectivity index (χ2v) is 12.0. The van der Waals surface area contributed by atoms with E-state index in [2.05, 4.69) is 10.9 Å². The van der Waals surface area contributed by atoms with Gasteiger partial charge in [-0.1, -0.05) is 30.7 Å². The molecule has 1 aromatic heterocycles. The number of hydrogen-bond acceptors (Lipinski definition) is 5. The molecule has 0 N–H and O–H groups in total. The molecule has 0 aliphatic heterocycles. The standard InChI is InChI=1S/C19H17ClFNO3S3/c1-3-12-28(24,25)19-18(27(2,23)14-10-8-13(20)9-11-14)22-17(26-19)15-6-4-5-7-16(15)21/h4-11H,2-3,12H2,1H3. The summed E-state index contributed by atoms with van der Waals surface area (Å²) in [7, 11) is -7.00. The molecule has 1 atom stereocenters. The maximum absolute atomic E-state index is 14.2. The summed E-state index contributed by atoms with van der Waals surface area (Å²) < 4.78 is 53.3. The zero-order valence-corrected chi connectivity index (χ0v) is 18.1. The number of aromatic nitrogens is 1. The molecule has 0 radical (unpaired) electrons. The van der Waals surface area contributed by atoms with Gasteiger partial charge in [-0.05, 0) is 48.7 Å². The second-order valence-electron chi connectivity index (χ2n) is 6.04. The Morgan fingerprint density at radius 2 is 1.75 bits per heavy atom. The lowest BCUT2D eigenvalue weighted by Crippen LogP contribution is -2.11. The van der Waals surface area contributed by atoms with Crippen molar-refractivity contribution in [2.75, 3.05) is 5.75 Å². The molecule has 148 valence electrons. The molecule has 3 rings (SSSR count). The van der Waals surface area contributed by atoms with E-state index in [0.717, 1.165) is 11.3 Å². The molecule has 3 aromatic rings. The van der Waals surface area contributed by atoms with Gasteiger partial charge >= 0.3 is 0 Å². The Kier molecular flexibility index (Phi) is 5.95. The van der Waals surface area contributed by atoms with E-state index in [0.29, 0.717) is 16.3 Å². The third-order valence-electron chi connectivity index (χ3n) is 3.93. The minimum absolute atomic E-state index is 0.130. The van der Waals surface area contributed by atoms with Gasteiger partial charge in [-0.3, -0.25) is 4.21 Å². The van der Waals surface area contributed by atoms with E-state index in [-0.39, 0.29) is 25.6 Å². The Bertz CT molecular complexity index is 1220. The molecule has 1 unspecified atom stereocenters. The predicted molar refractivity (Wildman–Crippen MR) is 113 cm³/mol. The Balaban J connectivity index is 2.27. The van der Waals surface area contributed by atoms with Gasteiger partial charge in [-0.15, -0.1) is 11.3 Å². The average Bonchev–Trinajstić information content (AvgIpc) is 3.09. The van der Waals surface area contributed by atoms with Gasteiger partial charge in [0.25, 0.3) is 0 Å². The number of sulfone groups is 1. The van der Waals surface area contributed by atoms with Crippen LogP contribution in [0.3, 0.4) is 0 Å². The van der Waals surface area contributed by atoms with Gasteiger partial charge in [0.1, 0.15) is 10.8 Å². The van der Waals surface area contributed by atoms with Crippen molar-refractivity contribution >= 4 is 48.2 Å². The summed E-state index contributed by atoms with van der Waals surface area (Å²) in [6, 6.07) is 12.1. The number of thiazole rings is 1. The van der Waals surface area contributed by atoms with Crippen LogP contribution in [0.25, 0.3) is 10.6 Å². The summed E-state index contributed by atoms with van der Waals surface area (Å²) in [5, 5.41) is 0.447. The highest BCUT2D eigenvalue weighted by atomic mass is 35.5. The first-order valence-corrected chi connectivity index (χ1v) is 12.9. The molecule has 1 heterocycles. The van der Waals surface area contributed by atoms with Crippen LogP contribution < -0.4 is 0 Å². The van der Waals surface area contributed by atoms with E-state index < -0.39 is 25.2 Å².